The molecule has 1 atom stereocenters. The van der Waals surface area contributed by atoms with E-state index in [0.717, 1.165) is 28.6 Å². The van der Waals surface area contributed by atoms with Gasteiger partial charge in [0.15, 0.2) is 0 Å². The second-order valence-electron chi connectivity index (χ2n) is 6.98. The average molecular weight is 380 g/mol. The minimum absolute atomic E-state index is 0.000853. The molecule has 3 rings (SSSR count). The molecule has 1 aliphatic heterocycles. The van der Waals surface area contributed by atoms with Gasteiger partial charge in [0.2, 0.25) is 5.91 Å². The monoisotopic (exact) mass is 379 g/mol. The van der Waals surface area contributed by atoms with Crippen LogP contribution in [0.2, 0.25) is 0 Å². The molecule has 1 unspecified atom stereocenters. The molecule has 1 aromatic carbocycles. The van der Waals surface area contributed by atoms with Gasteiger partial charge in [0, 0.05) is 28.7 Å². The lowest BCUT2D eigenvalue weighted by Gasteiger charge is -2.20. The van der Waals surface area contributed by atoms with Crippen LogP contribution >= 0.6 is 23.5 Å². The van der Waals surface area contributed by atoms with Gasteiger partial charge in [-0.15, -0.1) is 11.8 Å². The first kappa shape index (κ1) is 18.3. The summed E-state index contributed by atoms with van der Waals surface area (Å²) >= 11 is 3.50. The Morgan fingerprint density at radius 2 is 2.00 bits per heavy atom. The Morgan fingerprint density at radius 1 is 1.28 bits per heavy atom. The zero-order valence-electron chi connectivity index (χ0n) is 14.6. The van der Waals surface area contributed by atoms with Crippen molar-refractivity contribution in [3.05, 3.63) is 41.8 Å². The smallest absolute Gasteiger partial charge is 0.239 e. The molecule has 1 aromatic heterocycles. The first-order valence-electron chi connectivity index (χ1n) is 8.21. The van der Waals surface area contributed by atoms with Crippen molar-refractivity contribution in [2.45, 2.75) is 31.4 Å². The number of thioether (sulfide) groups is 2. The summed E-state index contributed by atoms with van der Waals surface area (Å²) in [5.41, 5.74) is 1.44. The van der Waals surface area contributed by atoms with E-state index in [0.29, 0.717) is 5.82 Å². The molecule has 1 fully saturated rings. The molecule has 134 valence electrons. The molecule has 2 heterocycles. The Morgan fingerprint density at radius 3 is 2.60 bits per heavy atom. The van der Waals surface area contributed by atoms with Crippen molar-refractivity contribution in [3.63, 3.8) is 0 Å². The number of carbonyl (C=O) groups excluding carboxylic acids is 1. The minimum atomic E-state index is -0.298. The van der Waals surface area contributed by atoms with Crippen molar-refractivity contribution in [2.75, 3.05) is 22.6 Å². The standard InChI is InChI=1S/C18H22FN3OS2/c1-18(2,3)15-10-16(20-17(23)14-11-24-8-9-25-14)22(21-15)13-6-4-12(19)5-7-13/h4-7,10,14H,8-9,11H2,1-3H3,(H,20,23). The molecule has 1 amide bonds. The number of hydrogen-bond donors (Lipinski definition) is 1. The van der Waals surface area contributed by atoms with Crippen LogP contribution in [0.15, 0.2) is 30.3 Å². The fourth-order valence-corrected chi connectivity index (χ4v) is 5.02. The average Bonchev–Trinajstić information content (AvgIpc) is 3.00. The molecule has 0 radical (unpaired) electrons. The SMILES string of the molecule is CC(C)(C)c1cc(NC(=O)C2CSCCS2)n(-c2ccc(F)cc2)n1. The number of nitrogens with one attached hydrogen (secondary N) is 1. The number of halogens is 1. The van der Waals surface area contributed by atoms with Gasteiger partial charge in [-0.1, -0.05) is 20.8 Å². The molecule has 2 aromatic rings. The predicted octanol–water partition coefficient (Wildman–Crippen LogP) is 4.10. The fraction of sp³-hybridized carbons (Fsp3) is 0.444. The maximum atomic E-state index is 13.2. The second kappa shape index (κ2) is 7.41. The molecule has 0 spiro atoms. The van der Waals surface area contributed by atoms with E-state index in [1.165, 1.54) is 12.1 Å². The summed E-state index contributed by atoms with van der Waals surface area (Å²) < 4.78 is 14.9. The predicted molar refractivity (Wildman–Crippen MR) is 104 cm³/mol. The summed E-state index contributed by atoms with van der Waals surface area (Å²) in [5.74, 6) is 3.24. The van der Waals surface area contributed by atoms with Crippen LogP contribution in [0.4, 0.5) is 10.2 Å². The number of carbonyl (C=O) groups is 1. The van der Waals surface area contributed by atoms with Crippen molar-refractivity contribution in [1.29, 1.82) is 0 Å². The lowest BCUT2D eigenvalue weighted by Crippen LogP contribution is -2.30. The first-order chi connectivity index (χ1) is 11.8. The summed E-state index contributed by atoms with van der Waals surface area (Å²) in [6.45, 7) is 6.22. The summed E-state index contributed by atoms with van der Waals surface area (Å²) in [4.78, 5) is 12.6. The highest BCUT2D eigenvalue weighted by atomic mass is 32.2. The van der Waals surface area contributed by atoms with E-state index >= 15 is 0 Å². The summed E-state index contributed by atoms with van der Waals surface area (Å²) in [5, 5.41) is 7.62. The van der Waals surface area contributed by atoms with Crippen LogP contribution in [0, 0.1) is 5.82 Å². The van der Waals surface area contributed by atoms with Crippen LogP contribution in [0.3, 0.4) is 0 Å². The Labute approximate surface area is 155 Å². The maximum Gasteiger partial charge on any atom is 0.239 e. The third kappa shape index (κ3) is 4.39. The van der Waals surface area contributed by atoms with Crippen LogP contribution in [-0.4, -0.2) is 38.2 Å². The number of anilines is 1. The fourth-order valence-electron chi connectivity index (χ4n) is 2.46. The Kier molecular flexibility index (Phi) is 5.43. The molecular weight excluding hydrogens is 357 g/mol. The van der Waals surface area contributed by atoms with Gasteiger partial charge >= 0.3 is 0 Å². The van der Waals surface area contributed by atoms with Crippen molar-refractivity contribution >= 4 is 35.2 Å². The highest BCUT2D eigenvalue weighted by Gasteiger charge is 2.25. The zero-order valence-corrected chi connectivity index (χ0v) is 16.2. The van der Waals surface area contributed by atoms with E-state index in [2.05, 4.69) is 31.2 Å². The van der Waals surface area contributed by atoms with E-state index in [4.69, 9.17) is 0 Å². The topological polar surface area (TPSA) is 46.9 Å². The molecule has 1 N–H and O–H groups in total. The third-order valence-electron chi connectivity index (χ3n) is 3.91. The lowest BCUT2D eigenvalue weighted by molar-refractivity contribution is -0.115. The number of amides is 1. The number of aromatic nitrogens is 2. The number of nitrogens with zero attached hydrogens (tertiary/aromatic N) is 2. The molecule has 7 heteroatoms. The highest BCUT2D eigenvalue weighted by Crippen LogP contribution is 2.28. The van der Waals surface area contributed by atoms with E-state index in [9.17, 15) is 9.18 Å². The molecular formula is C18H22FN3OS2. The number of rotatable bonds is 3. The van der Waals surface area contributed by atoms with Crippen LogP contribution in [0.25, 0.3) is 5.69 Å². The molecule has 0 bridgehead atoms. The van der Waals surface area contributed by atoms with Crippen LogP contribution in [0.5, 0.6) is 0 Å². The van der Waals surface area contributed by atoms with E-state index in [1.54, 1.807) is 28.6 Å². The maximum absolute atomic E-state index is 13.2. The van der Waals surface area contributed by atoms with Crippen LogP contribution in [0.1, 0.15) is 26.5 Å². The second-order valence-corrected chi connectivity index (χ2v) is 9.44. The van der Waals surface area contributed by atoms with Crippen molar-refractivity contribution < 1.29 is 9.18 Å². The zero-order chi connectivity index (χ0) is 18.0. The van der Waals surface area contributed by atoms with Gasteiger partial charge < -0.3 is 5.32 Å². The number of hydrogen-bond acceptors (Lipinski definition) is 4. The van der Waals surface area contributed by atoms with E-state index in [-0.39, 0.29) is 22.4 Å². The molecule has 1 aliphatic rings. The van der Waals surface area contributed by atoms with Gasteiger partial charge in [-0.25, -0.2) is 9.07 Å². The summed E-state index contributed by atoms with van der Waals surface area (Å²) in [6, 6.07) is 8.02. The van der Waals surface area contributed by atoms with Gasteiger partial charge in [-0.2, -0.15) is 16.9 Å². The van der Waals surface area contributed by atoms with Gasteiger partial charge in [0.1, 0.15) is 11.6 Å². The van der Waals surface area contributed by atoms with Crippen LogP contribution in [-0.2, 0) is 10.2 Å². The highest BCUT2D eigenvalue weighted by molar-refractivity contribution is 8.07. The summed E-state index contributed by atoms with van der Waals surface area (Å²) in [6.07, 6.45) is 0. The molecule has 25 heavy (non-hydrogen) atoms. The normalized spacial score (nSPS) is 18.2. The van der Waals surface area contributed by atoms with Crippen molar-refractivity contribution in [3.8, 4) is 5.69 Å². The van der Waals surface area contributed by atoms with Crippen molar-refractivity contribution in [2.24, 2.45) is 0 Å². The van der Waals surface area contributed by atoms with Crippen LogP contribution < -0.4 is 5.32 Å². The molecule has 0 saturated carbocycles. The van der Waals surface area contributed by atoms with Gasteiger partial charge in [0.25, 0.3) is 0 Å². The first-order valence-corrected chi connectivity index (χ1v) is 10.4. The minimum Gasteiger partial charge on any atom is -0.310 e. The molecule has 1 saturated heterocycles. The largest absolute Gasteiger partial charge is 0.310 e. The van der Waals surface area contributed by atoms with Gasteiger partial charge in [-0.3, -0.25) is 4.79 Å². The molecule has 4 nitrogen and oxygen atoms in total. The summed E-state index contributed by atoms with van der Waals surface area (Å²) in [7, 11) is 0. The quantitative estimate of drug-likeness (QED) is 0.872. The van der Waals surface area contributed by atoms with Gasteiger partial charge in [0.05, 0.1) is 16.6 Å². The third-order valence-corrected chi connectivity index (χ3v) is 6.66. The lowest BCUT2D eigenvalue weighted by atomic mass is 9.92. The Balaban J connectivity index is 1.91. The van der Waals surface area contributed by atoms with E-state index in [1.807, 2.05) is 17.8 Å². The van der Waals surface area contributed by atoms with E-state index < -0.39 is 0 Å². The number of benzene rings is 1. The molecule has 0 aliphatic carbocycles. The van der Waals surface area contributed by atoms with Crippen molar-refractivity contribution in [1.82, 2.24) is 9.78 Å². The Bertz CT molecular complexity index is 747. The Hall–Kier alpha value is -1.47. The van der Waals surface area contributed by atoms with Gasteiger partial charge in [-0.05, 0) is 24.3 Å².